The fourth-order valence-corrected chi connectivity index (χ4v) is 2.81. The smallest absolute Gasteiger partial charge is 0.307 e. The molecule has 0 saturated carbocycles. The van der Waals surface area contributed by atoms with Crippen LogP contribution in [0.25, 0.3) is 0 Å². The minimum atomic E-state index is -0.300. The molecule has 1 aromatic rings. The van der Waals surface area contributed by atoms with Gasteiger partial charge in [0.05, 0.1) is 19.1 Å². The van der Waals surface area contributed by atoms with Gasteiger partial charge in [0.1, 0.15) is 0 Å². The van der Waals surface area contributed by atoms with Crippen LogP contribution in [0.5, 0.6) is 0 Å². The molecule has 0 bridgehead atoms. The van der Waals surface area contributed by atoms with Gasteiger partial charge in [0.25, 0.3) is 0 Å². The van der Waals surface area contributed by atoms with E-state index in [0.29, 0.717) is 32.7 Å². The third kappa shape index (κ3) is 5.48. The van der Waals surface area contributed by atoms with Crippen molar-refractivity contribution in [2.45, 2.75) is 37.7 Å². The number of amides is 1. The Morgan fingerprint density at radius 2 is 2.35 bits per heavy atom. The highest BCUT2D eigenvalue weighted by Gasteiger charge is 2.31. The lowest BCUT2D eigenvalue weighted by molar-refractivity contribution is -0.144. The average molecular weight is 340 g/mol. The lowest BCUT2D eigenvalue weighted by Crippen LogP contribution is -2.44. The third-order valence-electron chi connectivity index (χ3n) is 3.67. The fourth-order valence-electron chi connectivity index (χ4n) is 2.54. The summed E-state index contributed by atoms with van der Waals surface area (Å²) in [5, 5.41) is 3.10. The molecule has 7 heteroatoms. The third-order valence-corrected chi connectivity index (χ3v) is 4.01. The fraction of sp³-hybridized carbons (Fsp3) is 0.562. The summed E-state index contributed by atoms with van der Waals surface area (Å²) >= 11 is 6.07. The van der Waals surface area contributed by atoms with Gasteiger partial charge in [-0.3, -0.25) is 14.6 Å². The number of nitrogens with zero attached hydrogens (tertiary/aromatic N) is 2. The zero-order chi connectivity index (χ0) is 16.7. The van der Waals surface area contributed by atoms with E-state index in [-0.39, 0.29) is 29.7 Å². The molecule has 1 fully saturated rings. The van der Waals surface area contributed by atoms with Crippen molar-refractivity contribution in [3.8, 4) is 0 Å². The van der Waals surface area contributed by atoms with Gasteiger partial charge in [-0.2, -0.15) is 0 Å². The monoisotopic (exact) mass is 339 g/mol. The predicted molar refractivity (Wildman–Crippen MR) is 87.0 cm³/mol. The van der Waals surface area contributed by atoms with E-state index in [4.69, 9.17) is 16.3 Å². The number of rotatable bonds is 7. The zero-order valence-electron chi connectivity index (χ0n) is 13.2. The quantitative estimate of drug-likeness (QED) is 0.599. The van der Waals surface area contributed by atoms with E-state index in [1.54, 1.807) is 24.2 Å². The van der Waals surface area contributed by atoms with E-state index in [2.05, 4.69) is 10.3 Å². The Bertz CT molecular complexity index is 527. The molecule has 1 aromatic heterocycles. The van der Waals surface area contributed by atoms with Crippen LogP contribution in [0.3, 0.4) is 0 Å². The Kier molecular flexibility index (Phi) is 6.80. The van der Waals surface area contributed by atoms with Crippen LogP contribution in [-0.2, 0) is 20.9 Å². The molecule has 6 nitrogen and oxygen atoms in total. The number of hydrogen-bond acceptors (Lipinski definition) is 5. The normalized spacial score (nSPS) is 20.3. The van der Waals surface area contributed by atoms with Crippen molar-refractivity contribution in [3.63, 3.8) is 0 Å². The largest absolute Gasteiger partial charge is 0.466 e. The van der Waals surface area contributed by atoms with Crippen molar-refractivity contribution in [1.29, 1.82) is 0 Å². The first-order valence-corrected chi connectivity index (χ1v) is 8.24. The second kappa shape index (κ2) is 8.84. The van der Waals surface area contributed by atoms with Gasteiger partial charge in [0, 0.05) is 37.4 Å². The van der Waals surface area contributed by atoms with Gasteiger partial charge >= 0.3 is 5.97 Å². The maximum absolute atomic E-state index is 12.7. The van der Waals surface area contributed by atoms with Crippen LogP contribution >= 0.6 is 11.6 Å². The van der Waals surface area contributed by atoms with Gasteiger partial charge in [0.2, 0.25) is 5.91 Å². The summed E-state index contributed by atoms with van der Waals surface area (Å²) in [5.41, 5.74) is 0.921. The van der Waals surface area contributed by atoms with Crippen molar-refractivity contribution in [1.82, 2.24) is 15.2 Å². The molecule has 1 saturated heterocycles. The Morgan fingerprint density at radius 1 is 1.52 bits per heavy atom. The second-order valence-corrected chi connectivity index (χ2v) is 6.09. The van der Waals surface area contributed by atoms with E-state index in [9.17, 15) is 9.59 Å². The molecule has 0 aliphatic carbocycles. The van der Waals surface area contributed by atoms with Crippen molar-refractivity contribution in [2.75, 3.05) is 19.7 Å². The summed E-state index contributed by atoms with van der Waals surface area (Å²) in [5.74, 6) is -0.340. The van der Waals surface area contributed by atoms with Crippen LogP contribution in [0.15, 0.2) is 24.5 Å². The number of alkyl halides is 1. The van der Waals surface area contributed by atoms with Crippen LogP contribution in [0.4, 0.5) is 0 Å². The number of hydrogen-bond donors (Lipinski definition) is 1. The molecule has 126 valence electrons. The van der Waals surface area contributed by atoms with Crippen molar-refractivity contribution >= 4 is 23.5 Å². The summed E-state index contributed by atoms with van der Waals surface area (Å²) in [4.78, 5) is 30.0. The van der Waals surface area contributed by atoms with Gasteiger partial charge in [-0.15, -0.1) is 11.6 Å². The molecule has 1 amide bonds. The summed E-state index contributed by atoms with van der Waals surface area (Å²) in [6.45, 7) is 3.46. The van der Waals surface area contributed by atoms with E-state index in [0.717, 1.165) is 5.56 Å². The number of nitrogens with one attached hydrogen (secondary N) is 1. The average Bonchev–Trinajstić information content (AvgIpc) is 2.98. The first-order valence-electron chi connectivity index (χ1n) is 7.81. The first-order chi connectivity index (χ1) is 11.1. The lowest BCUT2D eigenvalue weighted by Gasteiger charge is -2.25. The minimum Gasteiger partial charge on any atom is -0.466 e. The molecule has 2 unspecified atom stereocenters. The maximum Gasteiger partial charge on any atom is 0.307 e. The Morgan fingerprint density at radius 3 is 2.96 bits per heavy atom. The molecule has 1 aliphatic rings. The molecular formula is C16H22ClN3O3. The lowest BCUT2D eigenvalue weighted by atomic mass is 10.1. The molecule has 0 spiro atoms. The Hall–Kier alpha value is -1.66. The summed E-state index contributed by atoms with van der Waals surface area (Å²) in [7, 11) is 0. The predicted octanol–water partition coefficient (Wildman–Crippen LogP) is 1.33. The Balaban J connectivity index is 2.01. The number of carbonyl (C=O) groups is 2. The van der Waals surface area contributed by atoms with Crippen molar-refractivity contribution < 1.29 is 14.3 Å². The van der Waals surface area contributed by atoms with E-state index in [1.807, 2.05) is 12.1 Å². The molecule has 23 heavy (non-hydrogen) atoms. The number of esters is 1. The highest BCUT2D eigenvalue weighted by Crippen LogP contribution is 2.16. The van der Waals surface area contributed by atoms with Crippen LogP contribution in [0.1, 0.15) is 25.3 Å². The summed E-state index contributed by atoms with van der Waals surface area (Å²) < 4.78 is 4.94. The highest BCUT2D eigenvalue weighted by atomic mass is 35.5. The zero-order valence-corrected chi connectivity index (χ0v) is 14.0. The van der Waals surface area contributed by atoms with Gasteiger partial charge in [-0.05, 0) is 25.0 Å². The standard InChI is InChI=1S/C16H22ClN3O3/c1-2-23-15(21)5-7-20(11-12-4-3-6-18-9-12)16(22)14-8-13(17)10-19-14/h3-4,6,9,13-14,19H,2,5,7-8,10-11H2,1H3. The van der Waals surface area contributed by atoms with Crippen LogP contribution in [0.2, 0.25) is 0 Å². The first kappa shape index (κ1) is 17.7. The minimum absolute atomic E-state index is 0.0331. The van der Waals surface area contributed by atoms with Crippen LogP contribution < -0.4 is 5.32 Å². The number of halogens is 1. The van der Waals surface area contributed by atoms with Gasteiger partial charge < -0.3 is 15.0 Å². The van der Waals surface area contributed by atoms with Crippen LogP contribution in [-0.4, -0.2) is 52.9 Å². The number of ether oxygens (including phenoxy) is 1. The maximum atomic E-state index is 12.7. The Labute approximate surface area is 141 Å². The molecular weight excluding hydrogens is 318 g/mol. The molecule has 2 rings (SSSR count). The van der Waals surface area contributed by atoms with Gasteiger partial charge in [-0.25, -0.2) is 0 Å². The summed E-state index contributed by atoms with van der Waals surface area (Å²) in [6, 6.07) is 3.44. The van der Waals surface area contributed by atoms with Crippen molar-refractivity contribution in [2.24, 2.45) is 0 Å². The second-order valence-electron chi connectivity index (χ2n) is 5.47. The number of aromatic nitrogens is 1. The molecule has 2 atom stereocenters. The van der Waals surface area contributed by atoms with E-state index >= 15 is 0 Å². The number of pyridine rings is 1. The molecule has 2 heterocycles. The topological polar surface area (TPSA) is 71.5 Å². The number of carbonyl (C=O) groups excluding carboxylic acids is 2. The van der Waals surface area contributed by atoms with E-state index < -0.39 is 0 Å². The van der Waals surface area contributed by atoms with E-state index in [1.165, 1.54) is 0 Å². The summed E-state index contributed by atoms with van der Waals surface area (Å²) in [6.07, 6.45) is 4.18. The molecule has 0 radical (unpaired) electrons. The van der Waals surface area contributed by atoms with Gasteiger partial charge in [0.15, 0.2) is 0 Å². The molecule has 0 aromatic carbocycles. The van der Waals surface area contributed by atoms with Crippen molar-refractivity contribution in [3.05, 3.63) is 30.1 Å². The van der Waals surface area contributed by atoms with Gasteiger partial charge in [-0.1, -0.05) is 6.07 Å². The SMILES string of the molecule is CCOC(=O)CCN(Cc1cccnc1)C(=O)C1CC(Cl)CN1. The van der Waals surface area contributed by atoms with Crippen LogP contribution in [0, 0.1) is 0 Å². The molecule has 1 aliphatic heterocycles. The highest BCUT2D eigenvalue weighted by molar-refractivity contribution is 6.21. The molecule has 1 N–H and O–H groups in total.